The fraction of sp³-hybridized carbons (Fsp3) is 0.809. The summed E-state index contributed by atoms with van der Waals surface area (Å²) in [5.41, 5.74) is 1.52. The third kappa shape index (κ3) is 25.1. The van der Waals surface area contributed by atoms with E-state index in [0.717, 1.165) is 0 Å². The summed E-state index contributed by atoms with van der Waals surface area (Å²) < 4.78 is 2.52. The fourth-order valence-corrected chi connectivity index (χ4v) is 8.16. The van der Waals surface area contributed by atoms with Crippen LogP contribution in [0.15, 0.2) is 49.1 Å². The molecule has 0 radical (unpaired) electrons. The minimum absolute atomic E-state index is 0.602. The van der Waals surface area contributed by atoms with Crippen LogP contribution in [-0.4, -0.2) is 4.98 Å². The van der Waals surface area contributed by atoms with Crippen LogP contribution in [0.1, 0.15) is 237 Å². The van der Waals surface area contributed by atoms with E-state index in [2.05, 4.69) is 72.5 Å². The summed E-state index contributed by atoms with van der Waals surface area (Å²) in [4.78, 5) is 3.37. The molecule has 1 aromatic heterocycles. The molecule has 0 amide bonds. The highest BCUT2D eigenvalue weighted by molar-refractivity contribution is 5.15. The number of rotatable bonds is 37. The SMILES string of the molecule is CCCCCCCCCCCCCCCCCCCC(C(CCCCCCCCCCCCCCCC)Cc1ccccc1)[n+]1cc[nH]c1. The number of hydrogen-bond acceptors (Lipinski definition) is 0. The summed E-state index contributed by atoms with van der Waals surface area (Å²) in [6.45, 7) is 4.62. The fourth-order valence-electron chi connectivity index (χ4n) is 8.16. The van der Waals surface area contributed by atoms with Crippen molar-refractivity contribution in [3.8, 4) is 0 Å². The van der Waals surface area contributed by atoms with Crippen LogP contribution in [0.4, 0.5) is 0 Å². The topological polar surface area (TPSA) is 19.7 Å². The second kappa shape index (κ2) is 33.6. The van der Waals surface area contributed by atoms with Gasteiger partial charge in [-0.25, -0.2) is 4.57 Å². The van der Waals surface area contributed by atoms with Gasteiger partial charge in [-0.2, -0.15) is 0 Å². The lowest BCUT2D eigenvalue weighted by molar-refractivity contribution is -0.730. The molecule has 1 heterocycles. The Labute approximate surface area is 307 Å². The van der Waals surface area contributed by atoms with E-state index in [-0.39, 0.29) is 0 Å². The zero-order chi connectivity index (χ0) is 34.7. The lowest BCUT2D eigenvalue weighted by Crippen LogP contribution is -2.42. The smallest absolute Gasteiger partial charge is 0.241 e. The number of benzene rings is 1. The predicted octanol–water partition coefficient (Wildman–Crippen LogP) is 15.6. The molecule has 0 saturated carbocycles. The summed E-state index contributed by atoms with van der Waals surface area (Å²) in [6.07, 6.45) is 55.2. The van der Waals surface area contributed by atoms with E-state index in [4.69, 9.17) is 0 Å². The predicted molar refractivity (Wildman–Crippen MR) is 217 cm³/mol. The van der Waals surface area contributed by atoms with E-state index in [9.17, 15) is 0 Å². The van der Waals surface area contributed by atoms with Crippen molar-refractivity contribution in [3.63, 3.8) is 0 Å². The van der Waals surface area contributed by atoms with Crippen LogP contribution in [-0.2, 0) is 6.42 Å². The van der Waals surface area contributed by atoms with E-state index >= 15 is 0 Å². The summed E-state index contributed by atoms with van der Waals surface area (Å²) in [6, 6.07) is 11.9. The van der Waals surface area contributed by atoms with E-state index < -0.39 is 0 Å². The molecule has 0 aliphatic rings. The van der Waals surface area contributed by atoms with Gasteiger partial charge in [-0.15, -0.1) is 0 Å². The van der Waals surface area contributed by atoms with Crippen LogP contribution in [0.3, 0.4) is 0 Å². The largest absolute Gasteiger partial charge is 0.250 e. The van der Waals surface area contributed by atoms with Gasteiger partial charge in [-0.3, -0.25) is 4.98 Å². The molecule has 0 spiro atoms. The number of imidazole rings is 1. The average molecular weight is 678 g/mol. The van der Waals surface area contributed by atoms with Crippen molar-refractivity contribution in [1.29, 1.82) is 0 Å². The molecule has 1 N–H and O–H groups in total. The van der Waals surface area contributed by atoms with Gasteiger partial charge >= 0.3 is 0 Å². The number of hydrogen-bond donors (Lipinski definition) is 1. The Kier molecular flexibility index (Phi) is 29.9. The summed E-state index contributed by atoms with van der Waals surface area (Å²) >= 11 is 0. The number of unbranched alkanes of at least 4 members (excludes halogenated alkanes) is 29. The highest BCUT2D eigenvalue weighted by Crippen LogP contribution is 2.29. The number of aromatic amines is 1. The Morgan fingerprint density at radius 1 is 0.449 bits per heavy atom. The molecule has 2 atom stereocenters. The van der Waals surface area contributed by atoms with Crippen LogP contribution in [0, 0.1) is 5.92 Å². The Bertz CT molecular complexity index is 890. The van der Waals surface area contributed by atoms with E-state index in [1.807, 2.05) is 0 Å². The van der Waals surface area contributed by atoms with Crippen molar-refractivity contribution in [2.45, 2.75) is 238 Å². The quantitative estimate of drug-likeness (QED) is 0.0542. The van der Waals surface area contributed by atoms with E-state index in [0.29, 0.717) is 12.0 Å². The normalized spacial score (nSPS) is 12.9. The number of nitrogens with one attached hydrogen (secondary N) is 1. The molecule has 49 heavy (non-hydrogen) atoms. The van der Waals surface area contributed by atoms with Gasteiger partial charge in [0.2, 0.25) is 6.33 Å². The van der Waals surface area contributed by atoms with Gasteiger partial charge in [0, 0.05) is 5.92 Å². The number of nitrogens with zero attached hydrogens (tertiary/aromatic N) is 1. The molecule has 0 bridgehead atoms. The molecule has 2 rings (SSSR count). The maximum atomic E-state index is 3.37. The molecule has 2 unspecified atom stereocenters. The minimum atomic E-state index is 0.602. The third-order valence-electron chi connectivity index (χ3n) is 11.4. The van der Waals surface area contributed by atoms with Crippen LogP contribution in [0.25, 0.3) is 0 Å². The van der Waals surface area contributed by atoms with E-state index in [1.165, 1.54) is 224 Å². The third-order valence-corrected chi connectivity index (χ3v) is 11.4. The molecule has 1 aromatic carbocycles. The average Bonchev–Trinajstić information content (AvgIpc) is 3.66. The molecule has 0 fully saturated rings. The van der Waals surface area contributed by atoms with Crippen LogP contribution >= 0.6 is 0 Å². The zero-order valence-corrected chi connectivity index (χ0v) is 33.3. The maximum absolute atomic E-state index is 3.37. The van der Waals surface area contributed by atoms with Gasteiger partial charge in [-0.05, 0) is 31.2 Å². The molecule has 0 saturated heterocycles. The second-order valence-corrected chi connectivity index (χ2v) is 15.9. The van der Waals surface area contributed by atoms with Gasteiger partial charge < -0.3 is 0 Å². The number of H-pyrrole nitrogens is 1. The van der Waals surface area contributed by atoms with Crippen LogP contribution in [0.2, 0.25) is 0 Å². The number of aromatic nitrogens is 2. The van der Waals surface area contributed by atoms with Crippen molar-refractivity contribution in [3.05, 3.63) is 54.6 Å². The molecule has 0 aliphatic carbocycles. The monoisotopic (exact) mass is 678 g/mol. The highest BCUT2D eigenvalue weighted by Gasteiger charge is 2.26. The maximum Gasteiger partial charge on any atom is 0.241 e. The first-order chi connectivity index (χ1) is 24.3. The zero-order valence-electron chi connectivity index (χ0n) is 33.3. The van der Waals surface area contributed by atoms with Crippen LogP contribution in [0.5, 0.6) is 0 Å². The van der Waals surface area contributed by atoms with E-state index in [1.54, 1.807) is 0 Å². The summed E-state index contributed by atoms with van der Waals surface area (Å²) in [5.74, 6) is 0.710. The summed E-state index contributed by atoms with van der Waals surface area (Å²) in [7, 11) is 0. The molecule has 2 aromatic rings. The molecule has 282 valence electrons. The lowest BCUT2D eigenvalue weighted by atomic mass is 9.84. The van der Waals surface area contributed by atoms with Gasteiger partial charge in [-0.1, -0.05) is 237 Å². The lowest BCUT2D eigenvalue weighted by Gasteiger charge is -2.25. The molecule has 2 nitrogen and oxygen atoms in total. The van der Waals surface area contributed by atoms with Crippen molar-refractivity contribution in [2.75, 3.05) is 0 Å². The molecule has 0 aliphatic heterocycles. The van der Waals surface area contributed by atoms with Gasteiger partial charge in [0.25, 0.3) is 0 Å². The Balaban J connectivity index is 1.61. The van der Waals surface area contributed by atoms with Gasteiger partial charge in [0.1, 0.15) is 18.4 Å². The molecular weight excluding hydrogens is 593 g/mol. The highest BCUT2D eigenvalue weighted by atomic mass is 15.1. The first-order valence-corrected chi connectivity index (χ1v) is 22.4. The first-order valence-electron chi connectivity index (χ1n) is 22.4. The summed E-state index contributed by atoms with van der Waals surface area (Å²) in [5, 5.41) is 0. The van der Waals surface area contributed by atoms with Crippen LogP contribution < -0.4 is 4.57 Å². The van der Waals surface area contributed by atoms with Gasteiger partial charge in [0.15, 0.2) is 0 Å². The first kappa shape index (κ1) is 43.6. The standard InChI is InChI=1S/C47H84N2/c1-3-5-7-9-11-13-15-17-19-20-21-23-25-27-29-31-36-40-47(49-42-41-48-44-49)46(43-45-37-33-32-34-38-45)39-35-30-28-26-24-22-18-16-14-12-10-8-6-4-2/h32-34,37-38,41-42,44,46-47H,3-31,35-36,39-40,43H2,1-2H3/p+1. The van der Waals surface area contributed by atoms with Crippen molar-refractivity contribution < 1.29 is 4.57 Å². The molecule has 2 heteroatoms. The van der Waals surface area contributed by atoms with Crippen molar-refractivity contribution >= 4 is 0 Å². The van der Waals surface area contributed by atoms with Crippen molar-refractivity contribution in [2.24, 2.45) is 5.92 Å². The Hall–Kier alpha value is -1.57. The Morgan fingerprint density at radius 3 is 1.18 bits per heavy atom. The second-order valence-electron chi connectivity index (χ2n) is 15.9. The Morgan fingerprint density at radius 2 is 0.816 bits per heavy atom. The van der Waals surface area contributed by atoms with Crippen molar-refractivity contribution in [1.82, 2.24) is 4.98 Å². The minimum Gasteiger partial charge on any atom is -0.250 e. The van der Waals surface area contributed by atoms with Gasteiger partial charge in [0.05, 0.1) is 0 Å². The molecular formula is C47H85N2+.